The van der Waals surface area contributed by atoms with E-state index in [9.17, 15) is 8.42 Å². The van der Waals surface area contributed by atoms with Gasteiger partial charge in [-0.3, -0.25) is 4.72 Å². The van der Waals surface area contributed by atoms with Crippen LogP contribution < -0.4 is 4.72 Å². The highest BCUT2D eigenvalue weighted by atomic mass is 35.5. The van der Waals surface area contributed by atoms with Crippen molar-refractivity contribution in [2.45, 2.75) is 4.90 Å². The van der Waals surface area contributed by atoms with Crippen molar-refractivity contribution in [3.05, 3.63) is 58.8 Å². The van der Waals surface area contributed by atoms with E-state index in [2.05, 4.69) is 9.82 Å². The minimum absolute atomic E-state index is 0.0648. The SMILES string of the molecule is O=S(=O)(Nc1ccn2nccc2c1)c1cc(Cl)ccc1Cl. The molecule has 1 N–H and O–H groups in total. The number of fused-ring (bicyclic) bond motifs is 1. The zero-order valence-corrected chi connectivity index (χ0v) is 12.8. The van der Waals surface area contributed by atoms with Crippen molar-refractivity contribution in [2.75, 3.05) is 4.72 Å². The van der Waals surface area contributed by atoms with Crippen LogP contribution in [0, 0.1) is 0 Å². The van der Waals surface area contributed by atoms with E-state index in [1.165, 1.54) is 18.2 Å². The summed E-state index contributed by atoms with van der Waals surface area (Å²) in [6, 6.07) is 9.33. The minimum atomic E-state index is -3.81. The predicted molar refractivity (Wildman–Crippen MR) is 82.5 cm³/mol. The normalized spacial score (nSPS) is 11.7. The molecule has 0 aliphatic carbocycles. The van der Waals surface area contributed by atoms with E-state index in [1.807, 2.05) is 0 Å². The Labute approximate surface area is 131 Å². The minimum Gasteiger partial charge on any atom is -0.279 e. The summed E-state index contributed by atoms with van der Waals surface area (Å²) in [6.45, 7) is 0. The van der Waals surface area contributed by atoms with Crippen molar-refractivity contribution < 1.29 is 8.42 Å². The first-order valence-electron chi connectivity index (χ1n) is 5.87. The van der Waals surface area contributed by atoms with Gasteiger partial charge in [-0.1, -0.05) is 23.2 Å². The average Bonchev–Trinajstić information content (AvgIpc) is 2.88. The second-order valence-electron chi connectivity index (χ2n) is 4.30. The van der Waals surface area contributed by atoms with E-state index in [4.69, 9.17) is 23.2 Å². The number of anilines is 1. The first-order valence-corrected chi connectivity index (χ1v) is 8.11. The largest absolute Gasteiger partial charge is 0.279 e. The molecular formula is C13H9Cl2N3O2S. The van der Waals surface area contributed by atoms with E-state index in [1.54, 1.807) is 35.1 Å². The molecule has 0 unspecified atom stereocenters. The van der Waals surface area contributed by atoms with Crippen LogP contribution in [0.25, 0.3) is 5.52 Å². The summed E-state index contributed by atoms with van der Waals surface area (Å²) in [7, 11) is -3.81. The fourth-order valence-corrected chi connectivity index (χ4v) is 3.69. The summed E-state index contributed by atoms with van der Waals surface area (Å²) in [5.74, 6) is 0. The van der Waals surface area contributed by atoms with Gasteiger partial charge in [-0.05, 0) is 36.4 Å². The Morgan fingerprint density at radius 1 is 1.10 bits per heavy atom. The van der Waals surface area contributed by atoms with E-state index in [-0.39, 0.29) is 9.92 Å². The molecule has 0 bridgehead atoms. The summed E-state index contributed by atoms with van der Waals surface area (Å²) in [6.07, 6.45) is 3.29. The summed E-state index contributed by atoms with van der Waals surface area (Å²) < 4.78 is 28.8. The fourth-order valence-electron chi connectivity index (χ4n) is 1.88. The number of rotatable bonds is 3. The van der Waals surface area contributed by atoms with Gasteiger partial charge in [-0.15, -0.1) is 0 Å². The molecule has 108 valence electrons. The smallest absolute Gasteiger partial charge is 0.263 e. The number of nitrogens with one attached hydrogen (secondary N) is 1. The summed E-state index contributed by atoms with van der Waals surface area (Å²) in [5.41, 5.74) is 1.19. The molecular weight excluding hydrogens is 333 g/mol. The maximum atomic E-state index is 12.4. The van der Waals surface area contributed by atoms with Crippen LogP contribution in [0.2, 0.25) is 10.0 Å². The highest BCUT2D eigenvalue weighted by Gasteiger charge is 2.18. The van der Waals surface area contributed by atoms with Crippen molar-refractivity contribution in [1.29, 1.82) is 0 Å². The lowest BCUT2D eigenvalue weighted by Crippen LogP contribution is -2.13. The molecule has 0 amide bonds. The fraction of sp³-hybridized carbons (Fsp3) is 0. The van der Waals surface area contributed by atoms with Gasteiger partial charge in [0, 0.05) is 17.4 Å². The van der Waals surface area contributed by atoms with Gasteiger partial charge in [-0.25, -0.2) is 12.9 Å². The molecule has 8 heteroatoms. The van der Waals surface area contributed by atoms with E-state index < -0.39 is 10.0 Å². The quantitative estimate of drug-likeness (QED) is 0.793. The molecule has 5 nitrogen and oxygen atoms in total. The molecule has 1 aromatic carbocycles. The third kappa shape index (κ3) is 2.83. The molecule has 3 aromatic rings. The summed E-state index contributed by atoms with van der Waals surface area (Å²) >= 11 is 11.8. The van der Waals surface area contributed by atoms with E-state index in [0.29, 0.717) is 10.7 Å². The van der Waals surface area contributed by atoms with Crippen LogP contribution in [0.4, 0.5) is 5.69 Å². The first kappa shape index (κ1) is 14.2. The molecule has 0 aliphatic heterocycles. The van der Waals surface area contributed by atoms with Crippen LogP contribution >= 0.6 is 23.2 Å². The first-order chi connectivity index (χ1) is 9.95. The van der Waals surface area contributed by atoms with Gasteiger partial charge in [0.2, 0.25) is 0 Å². The topological polar surface area (TPSA) is 63.5 Å². The van der Waals surface area contributed by atoms with Gasteiger partial charge in [0.05, 0.1) is 16.2 Å². The van der Waals surface area contributed by atoms with Crippen LogP contribution in [0.15, 0.2) is 53.7 Å². The molecule has 0 saturated heterocycles. The maximum absolute atomic E-state index is 12.4. The third-order valence-corrected chi connectivity index (χ3v) is 4.93. The highest BCUT2D eigenvalue weighted by molar-refractivity contribution is 7.92. The van der Waals surface area contributed by atoms with Gasteiger partial charge < -0.3 is 0 Å². The molecule has 0 spiro atoms. The van der Waals surface area contributed by atoms with Crippen LogP contribution in [0.3, 0.4) is 0 Å². The van der Waals surface area contributed by atoms with Crippen LogP contribution in [-0.4, -0.2) is 18.0 Å². The highest BCUT2D eigenvalue weighted by Crippen LogP contribution is 2.27. The zero-order chi connectivity index (χ0) is 15.0. The molecule has 3 rings (SSSR count). The lowest BCUT2D eigenvalue weighted by Gasteiger charge is -2.10. The van der Waals surface area contributed by atoms with Gasteiger partial charge in [0.1, 0.15) is 4.90 Å². The summed E-state index contributed by atoms with van der Waals surface area (Å²) in [5, 5.41) is 4.45. The number of hydrogen-bond donors (Lipinski definition) is 1. The van der Waals surface area contributed by atoms with Crippen molar-refractivity contribution in [2.24, 2.45) is 0 Å². The number of pyridine rings is 1. The number of hydrogen-bond acceptors (Lipinski definition) is 3. The molecule has 21 heavy (non-hydrogen) atoms. The Morgan fingerprint density at radius 3 is 2.71 bits per heavy atom. The molecule has 0 atom stereocenters. The Kier molecular flexibility index (Phi) is 3.52. The number of nitrogens with zero attached hydrogens (tertiary/aromatic N) is 2. The monoisotopic (exact) mass is 341 g/mol. The number of aromatic nitrogens is 2. The van der Waals surface area contributed by atoms with Crippen molar-refractivity contribution >= 4 is 44.4 Å². The van der Waals surface area contributed by atoms with E-state index >= 15 is 0 Å². The molecule has 2 aromatic heterocycles. The van der Waals surface area contributed by atoms with Crippen molar-refractivity contribution in [3.63, 3.8) is 0 Å². The molecule has 0 aliphatic rings. The second kappa shape index (κ2) is 5.22. The van der Waals surface area contributed by atoms with Crippen LogP contribution in [0.5, 0.6) is 0 Å². The lowest BCUT2D eigenvalue weighted by atomic mass is 10.4. The summed E-state index contributed by atoms with van der Waals surface area (Å²) in [4.78, 5) is -0.0648. The maximum Gasteiger partial charge on any atom is 0.263 e. The van der Waals surface area contributed by atoms with Crippen molar-refractivity contribution in [3.8, 4) is 0 Å². The molecule has 0 radical (unpaired) electrons. The molecule has 0 fully saturated rings. The Balaban J connectivity index is 2.00. The van der Waals surface area contributed by atoms with Gasteiger partial charge >= 0.3 is 0 Å². The predicted octanol–water partition coefficient (Wildman–Crippen LogP) is 3.44. The van der Waals surface area contributed by atoms with Crippen LogP contribution in [0.1, 0.15) is 0 Å². The van der Waals surface area contributed by atoms with E-state index in [0.717, 1.165) is 5.52 Å². The lowest BCUT2D eigenvalue weighted by molar-refractivity contribution is 0.601. The Morgan fingerprint density at radius 2 is 1.90 bits per heavy atom. The van der Waals surface area contributed by atoms with Crippen LogP contribution in [-0.2, 0) is 10.0 Å². The van der Waals surface area contributed by atoms with Gasteiger partial charge in [-0.2, -0.15) is 5.10 Å². The zero-order valence-electron chi connectivity index (χ0n) is 10.5. The average molecular weight is 342 g/mol. The third-order valence-electron chi connectivity index (χ3n) is 2.83. The second-order valence-corrected chi connectivity index (χ2v) is 6.79. The Hall–Kier alpha value is -1.76. The van der Waals surface area contributed by atoms with Crippen molar-refractivity contribution in [1.82, 2.24) is 9.61 Å². The molecule has 0 saturated carbocycles. The number of benzene rings is 1. The standard InChI is InChI=1S/C13H9Cl2N3O2S/c14-9-1-2-12(15)13(7-9)21(19,20)17-10-4-6-18-11(8-10)3-5-16-18/h1-8,17H. The number of halogens is 2. The number of sulfonamides is 1. The molecule has 2 heterocycles. The van der Waals surface area contributed by atoms with Gasteiger partial charge in [0.15, 0.2) is 0 Å². The Bertz CT molecular complexity index is 922. The van der Waals surface area contributed by atoms with Gasteiger partial charge in [0.25, 0.3) is 10.0 Å².